The Labute approximate surface area is 117 Å². The molecule has 1 amide bonds. The largest absolute Gasteiger partial charge is 0.455 e. The number of carbonyl (C=O) groups excluding carboxylic acids is 1. The van der Waals surface area contributed by atoms with Crippen LogP contribution in [-0.2, 0) is 11.2 Å². The number of rotatable bonds is 2. The predicted molar refractivity (Wildman–Crippen MR) is 78.0 cm³/mol. The fourth-order valence-corrected chi connectivity index (χ4v) is 2.49. The van der Waals surface area contributed by atoms with Gasteiger partial charge in [-0.15, -0.1) is 0 Å². The molecular formula is C16H16N2O2. The summed E-state index contributed by atoms with van der Waals surface area (Å²) in [5, 5.41) is 0. The standard InChI is InChI=1S/C16H16N2O2/c1-18-15-11(10-13(17)16(18)19)6-5-9-14(15)20-12-7-3-2-4-8-12/h2-9,13H,10,17H2,1H3. The van der Waals surface area contributed by atoms with E-state index in [1.54, 1.807) is 11.9 Å². The predicted octanol–water partition coefficient (Wildman–Crippen LogP) is 2.33. The Morgan fingerprint density at radius 2 is 1.90 bits per heavy atom. The smallest absolute Gasteiger partial charge is 0.244 e. The normalized spacial score (nSPS) is 17.8. The lowest BCUT2D eigenvalue weighted by Crippen LogP contribution is -2.47. The Balaban J connectivity index is 2.02. The molecule has 1 unspecified atom stereocenters. The van der Waals surface area contributed by atoms with Gasteiger partial charge in [0.2, 0.25) is 5.91 Å². The molecule has 4 heteroatoms. The molecule has 2 N–H and O–H groups in total. The highest BCUT2D eigenvalue weighted by atomic mass is 16.5. The molecule has 2 aromatic rings. The molecule has 1 atom stereocenters. The van der Waals surface area contributed by atoms with Crippen molar-refractivity contribution in [2.45, 2.75) is 12.5 Å². The molecule has 0 radical (unpaired) electrons. The minimum absolute atomic E-state index is 0.0818. The van der Waals surface area contributed by atoms with Crippen molar-refractivity contribution in [3.63, 3.8) is 0 Å². The Kier molecular flexibility index (Phi) is 3.16. The summed E-state index contributed by atoms with van der Waals surface area (Å²) in [6.07, 6.45) is 0.546. The molecule has 0 spiro atoms. The number of para-hydroxylation sites is 2. The highest BCUT2D eigenvalue weighted by molar-refractivity contribution is 6.01. The summed E-state index contributed by atoms with van der Waals surface area (Å²) < 4.78 is 5.90. The van der Waals surface area contributed by atoms with Crippen LogP contribution in [0.4, 0.5) is 5.69 Å². The van der Waals surface area contributed by atoms with Crippen LogP contribution in [0, 0.1) is 0 Å². The van der Waals surface area contributed by atoms with Crippen LogP contribution in [0.5, 0.6) is 11.5 Å². The molecule has 3 rings (SSSR count). The SMILES string of the molecule is CN1C(=O)C(N)Cc2cccc(Oc3ccccc3)c21. The molecule has 4 nitrogen and oxygen atoms in total. The third-order valence-corrected chi connectivity index (χ3v) is 3.48. The second-order valence-corrected chi connectivity index (χ2v) is 4.89. The van der Waals surface area contributed by atoms with Crippen LogP contribution in [-0.4, -0.2) is 19.0 Å². The van der Waals surface area contributed by atoms with Gasteiger partial charge in [0.25, 0.3) is 0 Å². The van der Waals surface area contributed by atoms with Gasteiger partial charge in [-0.05, 0) is 30.2 Å². The number of fused-ring (bicyclic) bond motifs is 1. The first-order valence-corrected chi connectivity index (χ1v) is 6.55. The third kappa shape index (κ3) is 2.14. The first kappa shape index (κ1) is 12.7. The average molecular weight is 268 g/mol. The number of hydrogen-bond donors (Lipinski definition) is 1. The molecule has 2 aromatic carbocycles. The van der Waals surface area contributed by atoms with Gasteiger partial charge in [0.1, 0.15) is 5.75 Å². The fraction of sp³-hybridized carbons (Fsp3) is 0.188. The average Bonchev–Trinajstić information content (AvgIpc) is 2.46. The monoisotopic (exact) mass is 268 g/mol. The van der Waals surface area contributed by atoms with Crippen molar-refractivity contribution in [3.8, 4) is 11.5 Å². The minimum Gasteiger partial charge on any atom is -0.455 e. The van der Waals surface area contributed by atoms with Crippen LogP contribution < -0.4 is 15.4 Å². The van der Waals surface area contributed by atoms with E-state index in [9.17, 15) is 4.79 Å². The van der Waals surface area contributed by atoms with E-state index < -0.39 is 6.04 Å². The second-order valence-electron chi connectivity index (χ2n) is 4.89. The van der Waals surface area contributed by atoms with Gasteiger partial charge in [0, 0.05) is 7.05 Å². The first-order chi connectivity index (χ1) is 9.66. The van der Waals surface area contributed by atoms with E-state index in [0.29, 0.717) is 12.2 Å². The van der Waals surface area contributed by atoms with Gasteiger partial charge in [0.15, 0.2) is 5.75 Å². The number of ether oxygens (including phenoxy) is 1. The molecule has 0 saturated heterocycles. The zero-order chi connectivity index (χ0) is 14.1. The zero-order valence-corrected chi connectivity index (χ0v) is 11.2. The van der Waals surface area contributed by atoms with Gasteiger partial charge in [-0.25, -0.2) is 0 Å². The first-order valence-electron chi connectivity index (χ1n) is 6.55. The van der Waals surface area contributed by atoms with Crippen molar-refractivity contribution < 1.29 is 9.53 Å². The number of anilines is 1. The second kappa shape index (κ2) is 4.98. The Hall–Kier alpha value is -2.33. The number of likely N-dealkylation sites (N-methyl/N-ethyl adjacent to an activating group) is 1. The van der Waals surface area contributed by atoms with E-state index in [0.717, 1.165) is 17.0 Å². The van der Waals surface area contributed by atoms with Crippen LogP contribution in [0.15, 0.2) is 48.5 Å². The van der Waals surface area contributed by atoms with Gasteiger partial charge in [-0.1, -0.05) is 30.3 Å². The lowest BCUT2D eigenvalue weighted by atomic mass is 9.97. The maximum absolute atomic E-state index is 12.0. The van der Waals surface area contributed by atoms with E-state index >= 15 is 0 Å². The summed E-state index contributed by atoms with van der Waals surface area (Å²) in [6.45, 7) is 0. The quantitative estimate of drug-likeness (QED) is 0.909. The fourth-order valence-electron chi connectivity index (χ4n) is 2.49. The molecule has 102 valence electrons. The van der Waals surface area contributed by atoms with Crippen LogP contribution in [0.2, 0.25) is 0 Å². The van der Waals surface area contributed by atoms with E-state index in [1.807, 2.05) is 48.5 Å². The highest BCUT2D eigenvalue weighted by Gasteiger charge is 2.30. The molecule has 0 aliphatic carbocycles. The zero-order valence-electron chi connectivity index (χ0n) is 11.2. The van der Waals surface area contributed by atoms with Crippen LogP contribution in [0.25, 0.3) is 0 Å². The lowest BCUT2D eigenvalue weighted by molar-refractivity contribution is -0.119. The van der Waals surface area contributed by atoms with Gasteiger partial charge in [-0.3, -0.25) is 4.79 Å². The molecule has 0 fully saturated rings. The van der Waals surface area contributed by atoms with Gasteiger partial charge in [0.05, 0.1) is 11.7 Å². The molecular weight excluding hydrogens is 252 g/mol. The number of amides is 1. The van der Waals surface area contributed by atoms with E-state index in [2.05, 4.69) is 0 Å². The van der Waals surface area contributed by atoms with Gasteiger partial charge < -0.3 is 15.4 Å². The van der Waals surface area contributed by atoms with Crippen LogP contribution in [0.1, 0.15) is 5.56 Å². The van der Waals surface area contributed by atoms with Crippen LogP contribution in [0.3, 0.4) is 0 Å². The summed E-state index contributed by atoms with van der Waals surface area (Å²) in [4.78, 5) is 13.6. The number of hydrogen-bond acceptors (Lipinski definition) is 3. The molecule has 0 saturated carbocycles. The molecule has 0 aromatic heterocycles. The Bertz CT molecular complexity index is 640. The lowest BCUT2D eigenvalue weighted by Gasteiger charge is -2.31. The molecule has 1 heterocycles. The van der Waals surface area contributed by atoms with Crippen LogP contribution >= 0.6 is 0 Å². The Morgan fingerprint density at radius 1 is 1.15 bits per heavy atom. The molecule has 0 bridgehead atoms. The van der Waals surface area contributed by atoms with Gasteiger partial charge in [-0.2, -0.15) is 0 Å². The number of benzene rings is 2. The van der Waals surface area contributed by atoms with Crippen molar-refractivity contribution >= 4 is 11.6 Å². The van der Waals surface area contributed by atoms with Crippen molar-refractivity contribution in [2.75, 3.05) is 11.9 Å². The van der Waals surface area contributed by atoms with Crippen molar-refractivity contribution in [1.29, 1.82) is 0 Å². The van der Waals surface area contributed by atoms with E-state index in [1.165, 1.54) is 0 Å². The maximum Gasteiger partial charge on any atom is 0.244 e. The summed E-state index contributed by atoms with van der Waals surface area (Å²) in [5.41, 5.74) is 7.70. The van der Waals surface area contributed by atoms with E-state index in [4.69, 9.17) is 10.5 Å². The summed E-state index contributed by atoms with van der Waals surface area (Å²) in [5.74, 6) is 1.34. The Morgan fingerprint density at radius 3 is 2.65 bits per heavy atom. The number of nitrogens with two attached hydrogens (primary N) is 1. The number of carbonyl (C=O) groups is 1. The summed E-state index contributed by atoms with van der Waals surface area (Å²) >= 11 is 0. The molecule has 1 aliphatic heterocycles. The van der Waals surface area contributed by atoms with E-state index in [-0.39, 0.29) is 5.91 Å². The number of nitrogens with zero attached hydrogens (tertiary/aromatic N) is 1. The topological polar surface area (TPSA) is 55.6 Å². The minimum atomic E-state index is -0.473. The van der Waals surface area contributed by atoms with Gasteiger partial charge >= 0.3 is 0 Å². The summed E-state index contributed by atoms with van der Waals surface area (Å²) in [7, 11) is 1.73. The summed E-state index contributed by atoms with van der Waals surface area (Å²) in [6, 6.07) is 14.8. The van der Waals surface area contributed by atoms with Crippen molar-refractivity contribution in [2.24, 2.45) is 5.73 Å². The molecule has 20 heavy (non-hydrogen) atoms. The van der Waals surface area contributed by atoms with Crippen molar-refractivity contribution in [3.05, 3.63) is 54.1 Å². The third-order valence-electron chi connectivity index (χ3n) is 3.48. The highest BCUT2D eigenvalue weighted by Crippen LogP contribution is 2.37. The maximum atomic E-state index is 12.0. The molecule has 1 aliphatic rings. The van der Waals surface area contributed by atoms with Crippen molar-refractivity contribution in [1.82, 2.24) is 0 Å².